The maximum Gasteiger partial charge on any atom is 0.197 e. The van der Waals surface area contributed by atoms with Crippen LogP contribution in [0.3, 0.4) is 0 Å². The van der Waals surface area contributed by atoms with Gasteiger partial charge in [-0.1, -0.05) is 13.8 Å². The molecule has 1 atom stereocenters. The highest BCUT2D eigenvalue weighted by atomic mass is 16.4. The lowest BCUT2D eigenvalue weighted by atomic mass is 10.1. The molecule has 0 radical (unpaired) electrons. The summed E-state index contributed by atoms with van der Waals surface area (Å²) in [5.41, 5.74) is 0.849. The van der Waals surface area contributed by atoms with E-state index in [0.29, 0.717) is 24.7 Å². The van der Waals surface area contributed by atoms with Gasteiger partial charge in [0.05, 0.1) is 5.69 Å². The van der Waals surface area contributed by atoms with Gasteiger partial charge in [-0.2, -0.15) is 0 Å². The first-order valence-corrected chi connectivity index (χ1v) is 4.56. The number of aliphatic hydroxyl groups excluding tert-OH is 1. The number of rotatable bonds is 1. The molecule has 72 valence electrons. The molecule has 1 aromatic heterocycles. The first-order chi connectivity index (χ1) is 6.18. The van der Waals surface area contributed by atoms with Gasteiger partial charge in [0.15, 0.2) is 11.7 Å². The highest BCUT2D eigenvalue weighted by Crippen LogP contribution is 2.25. The Bertz CT molecular complexity index is 307. The van der Waals surface area contributed by atoms with E-state index in [1.165, 1.54) is 0 Å². The molecule has 1 aliphatic rings. The highest BCUT2D eigenvalue weighted by Gasteiger charge is 2.24. The summed E-state index contributed by atoms with van der Waals surface area (Å²) in [5, 5.41) is 12.6. The summed E-state index contributed by atoms with van der Waals surface area (Å²) in [6, 6.07) is 0. The van der Waals surface area contributed by atoms with E-state index >= 15 is 0 Å². The van der Waals surface area contributed by atoms with Gasteiger partial charge in [-0.3, -0.25) is 0 Å². The van der Waals surface area contributed by atoms with Gasteiger partial charge in [-0.25, -0.2) is 4.98 Å². The smallest absolute Gasteiger partial charge is 0.197 e. The fraction of sp³-hybridized carbons (Fsp3) is 0.667. The van der Waals surface area contributed by atoms with Crippen LogP contribution in [0.2, 0.25) is 0 Å². The van der Waals surface area contributed by atoms with E-state index in [1.807, 2.05) is 13.8 Å². The van der Waals surface area contributed by atoms with Crippen LogP contribution in [-0.4, -0.2) is 16.6 Å². The summed E-state index contributed by atoms with van der Waals surface area (Å²) in [5.74, 6) is 1.63. The molecule has 1 unspecified atom stereocenters. The maximum atomic E-state index is 9.56. The number of aliphatic hydroxyl groups is 1. The number of oxazole rings is 1. The Morgan fingerprint density at radius 1 is 1.62 bits per heavy atom. The number of aromatic nitrogens is 1. The second kappa shape index (κ2) is 3.12. The number of β-amino-alcohol motifs (C(OH)–C–C–N with tert-alkyl or cyclic N) is 1. The van der Waals surface area contributed by atoms with Crippen LogP contribution in [0.1, 0.15) is 43.2 Å². The average molecular weight is 182 g/mol. The van der Waals surface area contributed by atoms with Crippen LogP contribution in [0.25, 0.3) is 0 Å². The first kappa shape index (κ1) is 8.72. The van der Waals surface area contributed by atoms with Crippen molar-refractivity contribution in [3.05, 3.63) is 17.3 Å². The third-order valence-electron chi connectivity index (χ3n) is 2.17. The Hall–Kier alpha value is -0.870. The Morgan fingerprint density at radius 2 is 2.38 bits per heavy atom. The Labute approximate surface area is 77.0 Å². The molecule has 4 nitrogen and oxygen atoms in total. The van der Waals surface area contributed by atoms with Gasteiger partial charge in [0.1, 0.15) is 6.10 Å². The van der Waals surface area contributed by atoms with E-state index in [-0.39, 0.29) is 5.92 Å². The third-order valence-corrected chi connectivity index (χ3v) is 2.17. The van der Waals surface area contributed by atoms with Gasteiger partial charge in [-0.05, 0) is 0 Å². The predicted molar refractivity (Wildman–Crippen MR) is 47.3 cm³/mol. The van der Waals surface area contributed by atoms with Crippen molar-refractivity contribution in [1.29, 1.82) is 0 Å². The van der Waals surface area contributed by atoms with E-state index in [4.69, 9.17) is 4.42 Å². The molecule has 0 saturated heterocycles. The lowest BCUT2D eigenvalue weighted by Crippen LogP contribution is -2.27. The van der Waals surface area contributed by atoms with Gasteiger partial charge in [-0.15, -0.1) is 0 Å². The van der Waals surface area contributed by atoms with Crippen molar-refractivity contribution in [3.8, 4) is 0 Å². The molecule has 0 aromatic carbocycles. The number of nitrogens with one attached hydrogen (secondary N) is 1. The number of hydrogen-bond acceptors (Lipinski definition) is 4. The quantitative estimate of drug-likeness (QED) is 0.678. The second-order valence-corrected chi connectivity index (χ2v) is 3.66. The Kier molecular flexibility index (Phi) is 2.09. The van der Waals surface area contributed by atoms with Gasteiger partial charge in [0.2, 0.25) is 0 Å². The lowest BCUT2D eigenvalue weighted by molar-refractivity contribution is 0.135. The summed E-state index contributed by atoms with van der Waals surface area (Å²) in [6.07, 6.45) is -0.538. The van der Waals surface area contributed by atoms with Gasteiger partial charge in [0.25, 0.3) is 0 Å². The monoisotopic (exact) mass is 182 g/mol. The minimum Gasteiger partial charge on any atom is -0.442 e. The van der Waals surface area contributed by atoms with Crippen LogP contribution in [0, 0.1) is 0 Å². The molecule has 1 aromatic rings. The molecular weight excluding hydrogens is 168 g/mol. The van der Waals surface area contributed by atoms with E-state index in [2.05, 4.69) is 10.3 Å². The van der Waals surface area contributed by atoms with Crippen molar-refractivity contribution in [1.82, 2.24) is 10.3 Å². The summed E-state index contributed by atoms with van der Waals surface area (Å²) in [7, 11) is 0. The zero-order valence-electron chi connectivity index (χ0n) is 7.87. The van der Waals surface area contributed by atoms with Crippen LogP contribution in [0.4, 0.5) is 0 Å². The number of fused-ring (bicyclic) bond motifs is 1. The molecule has 13 heavy (non-hydrogen) atoms. The minimum absolute atomic E-state index is 0.276. The minimum atomic E-state index is -0.538. The first-order valence-electron chi connectivity index (χ1n) is 4.56. The van der Waals surface area contributed by atoms with Crippen LogP contribution < -0.4 is 5.32 Å². The molecule has 0 fully saturated rings. The molecule has 0 spiro atoms. The van der Waals surface area contributed by atoms with Crippen molar-refractivity contribution >= 4 is 0 Å². The van der Waals surface area contributed by atoms with Crippen LogP contribution in [0.15, 0.2) is 4.42 Å². The van der Waals surface area contributed by atoms with E-state index in [0.717, 1.165) is 5.69 Å². The standard InChI is InChI=1S/C9H14N2O2/c1-5(2)9-11-6-3-10-4-7(12)8(6)13-9/h5,7,10,12H,3-4H2,1-2H3. The second-order valence-electron chi connectivity index (χ2n) is 3.66. The molecule has 2 N–H and O–H groups in total. The predicted octanol–water partition coefficient (Wildman–Crippen LogP) is 0.935. The van der Waals surface area contributed by atoms with Crippen molar-refractivity contribution in [2.75, 3.05) is 6.54 Å². The topological polar surface area (TPSA) is 58.3 Å². The summed E-state index contributed by atoms with van der Waals surface area (Å²) in [4.78, 5) is 4.31. The van der Waals surface area contributed by atoms with E-state index < -0.39 is 6.10 Å². The summed E-state index contributed by atoms with van der Waals surface area (Å²) in [6.45, 7) is 5.30. The third kappa shape index (κ3) is 1.47. The molecule has 4 heteroatoms. The molecule has 2 rings (SSSR count). The van der Waals surface area contributed by atoms with E-state index in [9.17, 15) is 5.11 Å². The molecule has 1 aliphatic heterocycles. The SMILES string of the molecule is CC(C)c1nc2c(o1)C(O)CNC2. The Balaban J connectivity index is 2.36. The molecule has 0 amide bonds. The van der Waals surface area contributed by atoms with Crippen molar-refractivity contribution in [3.63, 3.8) is 0 Å². The summed E-state index contributed by atoms with van der Waals surface area (Å²) >= 11 is 0. The lowest BCUT2D eigenvalue weighted by Gasteiger charge is -2.15. The fourth-order valence-corrected chi connectivity index (χ4v) is 1.44. The van der Waals surface area contributed by atoms with Crippen molar-refractivity contribution < 1.29 is 9.52 Å². The van der Waals surface area contributed by atoms with Crippen LogP contribution in [0.5, 0.6) is 0 Å². The molecule has 0 bridgehead atoms. The molecule has 0 aliphatic carbocycles. The fourth-order valence-electron chi connectivity index (χ4n) is 1.44. The van der Waals surface area contributed by atoms with Gasteiger partial charge in [0, 0.05) is 19.0 Å². The normalized spacial score (nSPS) is 22.0. The highest BCUT2D eigenvalue weighted by molar-refractivity contribution is 5.16. The molecule has 2 heterocycles. The zero-order chi connectivity index (χ0) is 9.42. The van der Waals surface area contributed by atoms with Crippen LogP contribution >= 0.6 is 0 Å². The zero-order valence-corrected chi connectivity index (χ0v) is 7.87. The summed E-state index contributed by atoms with van der Waals surface area (Å²) < 4.78 is 5.48. The van der Waals surface area contributed by atoms with Crippen molar-refractivity contribution in [2.45, 2.75) is 32.4 Å². The average Bonchev–Trinajstić information content (AvgIpc) is 2.49. The maximum absolute atomic E-state index is 9.56. The Morgan fingerprint density at radius 3 is 3.00 bits per heavy atom. The van der Waals surface area contributed by atoms with Crippen molar-refractivity contribution in [2.24, 2.45) is 0 Å². The van der Waals surface area contributed by atoms with Gasteiger partial charge >= 0.3 is 0 Å². The number of nitrogens with zero attached hydrogens (tertiary/aromatic N) is 1. The van der Waals surface area contributed by atoms with Crippen LogP contribution in [-0.2, 0) is 6.54 Å². The largest absolute Gasteiger partial charge is 0.442 e. The molecular formula is C9H14N2O2. The molecule has 0 saturated carbocycles. The van der Waals surface area contributed by atoms with E-state index in [1.54, 1.807) is 0 Å². The number of hydrogen-bond donors (Lipinski definition) is 2. The van der Waals surface area contributed by atoms with Gasteiger partial charge < -0.3 is 14.8 Å².